The summed E-state index contributed by atoms with van der Waals surface area (Å²) in [4.78, 5) is 2.45. The highest BCUT2D eigenvalue weighted by molar-refractivity contribution is 4.78. The molecule has 1 saturated heterocycles. The molecule has 2 heteroatoms. The lowest BCUT2D eigenvalue weighted by atomic mass is 9.90. The number of piperidine rings is 1. The highest BCUT2D eigenvalue weighted by Gasteiger charge is 2.21. The van der Waals surface area contributed by atoms with Crippen molar-refractivity contribution in [2.45, 2.75) is 58.4 Å². The van der Waals surface area contributed by atoms with Crippen molar-refractivity contribution in [3.63, 3.8) is 0 Å². The summed E-state index contributed by atoms with van der Waals surface area (Å²) in [6, 6.07) is 0.718. The fraction of sp³-hybridized carbons (Fsp3) is 1.00. The number of unbranched alkanes of at least 4 members (excludes halogenated alkanes) is 3. The van der Waals surface area contributed by atoms with Crippen LogP contribution in [0.1, 0.15) is 52.4 Å². The normalized spacial score (nSPS) is 21.2. The van der Waals surface area contributed by atoms with Gasteiger partial charge in [-0.3, -0.25) is 0 Å². The van der Waals surface area contributed by atoms with Crippen molar-refractivity contribution in [3.8, 4) is 0 Å². The van der Waals surface area contributed by atoms with Gasteiger partial charge < -0.3 is 10.2 Å². The highest BCUT2D eigenvalue weighted by atomic mass is 15.1. The molecule has 96 valence electrons. The number of hydrogen-bond donors (Lipinski definition) is 1. The monoisotopic (exact) mass is 226 g/mol. The van der Waals surface area contributed by atoms with Crippen LogP contribution in [-0.4, -0.2) is 37.6 Å². The topological polar surface area (TPSA) is 15.3 Å². The standard InChI is InChI=1S/C14H30N2/c1-4-5-6-7-10-15-13(2)14-8-11-16(3)12-9-14/h13-15H,4-12H2,1-3H3. The van der Waals surface area contributed by atoms with Gasteiger partial charge in [-0.1, -0.05) is 26.2 Å². The molecule has 1 heterocycles. The molecule has 0 aromatic carbocycles. The zero-order valence-electron chi connectivity index (χ0n) is 11.5. The van der Waals surface area contributed by atoms with Crippen LogP contribution in [0.25, 0.3) is 0 Å². The first-order valence-corrected chi connectivity index (χ1v) is 7.16. The second-order valence-electron chi connectivity index (χ2n) is 5.44. The first-order valence-electron chi connectivity index (χ1n) is 7.16. The summed E-state index contributed by atoms with van der Waals surface area (Å²) in [6.45, 7) is 8.43. The van der Waals surface area contributed by atoms with E-state index in [0.29, 0.717) is 0 Å². The number of hydrogen-bond acceptors (Lipinski definition) is 2. The molecule has 0 aromatic heterocycles. The average molecular weight is 226 g/mol. The molecule has 1 fully saturated rings. The van der Waals surface area contributed by atoms with Crippen molar-refractivity contribution in [3.05, 3.63) is 0 Å². The third kappa shape index (κ3) is 5.31. The molecule has 0 aliphatic carbocycles. The van der Waals surface area contributed by atoms with E-state index >= 15 is 0 Å². The summed E-state index contributed by atoms with van der Waals surface area (Å²) < 4.78 is 0. The molecule has 1 rings (SSSR count). The molecule has 0 radical (unpaired) electrons. The van der Waals surface area contributed by atoms with Crippen LogP contribution in [0.2, 0.25) is 0 Å². The minimum Gasteiger partial charge on any atom is -0.314 e. The van der Waals surface area contributed by atoms with Gasteiger partial charge >= 0.3 is 0 Å². The van der Waals surface area contributed by atoms with Crippen molar-refractivity contribution in [1.82, 2.24) is 10.2 Å². The van der Waals surface area contributed by atoms with Gasteiger partial charge in [0.1, 0.15) is 0 Å². The molecule has 1 aliphatic rings. The SMILES string of the molecule is CCCCCCNC(C)C1CCN(C)CC1. The van der Waals surface area contributed by atoms with Crippen molar-refractivity contribution >= 4 is 0 Å². The van der Waals surface area contributed by atoms with Crippen LogP contribution in [0, 0.1) is 5.92 Å². The smallest absolute Gasteiger partial charge is 0.00679 e. The molecule has 1 unspecified atom stereocenters. The Bertz CT molecular complexity index is 162. The lowest BCUT2D eigenvalue weighted by molar-refractivity contribution is 0.190. The predicted molar refractivity (Wildman–Crippen MR) is 71.8 cm³/mol. The zero-order valence-corrected chi connectivity index (χ0v) is 11.5. The van der Waals surface area contributed by atoms with E-state index in [2.05, 4.69) is 31.1 Å². The molecule has 1 aliphatic heterocycles. The van der Waals surface area contributed by atoms with Gasteiger partial charge in [0.15, 0.2) is 0 Å². The number of nitrogens with one attached hydrogen (secondary N) is 1. The van der Waals surface area contributed by atoms with Crippen LogP contribution in [0.4, 0.5) is 0 Å². The van der Waals surface area contributed by atoms with E-state index < -0.39 is 0 Å². The van der Waals surface area contributed by atoms with E-state index in [9.17, 15) is 0 Å². The van der Waals surface area contributed by atoms with Gasteiger partial charge in [-0.15, -0.1) is 0 Å². The highest BCUT2D eigenvalue weighted by Crippen LogP contribution is 2.19. The number of rotatable bonds is 7. The molecule has 0 aromatic rings. The molecule has 0 amide bonds. The summed E-state index contributed by atoms with van der Waals surface area (Å²) in [5, 5.41) is 3.71. The minimum atomic E-state index is 0.718. The Balaban J connectivity index is 2.03. The fourth-order valence-corrected chi connectivity index (χ4v) is 2.58. The van der Waals surface area contributed by atoms with E-state index in [1.807, 2.05) is 0 Å². The van der Waals surface area contributed by atoms with Crippen molar-refractivity contribution in [2.24, 2.45) is 5.92 Å². The summed E-state index contributed by atoms with van der Waals surface area (Å²) in [6.07, 6.45) is 8.22. The van der Waals surface area contributed by atoms with Gasteiger partial charge in [0.2, 0.25) is 0 Å². The van der Waals surface area contributed by atoms with E-state index in [-0.39, 0.29) is 0 Å². The second kappa shape index (κ2) is 8.08. The second-order valence-corrected chi connectivity index (χ2v) is 5.44. The van der Waals surface area contributed by atoms with Gasteiger partial charge in [-0.25, -0.2) is 0 Å². The van der Waals surface area contributed by atoms with E-state index in [1.165, 1.54) is 58.2 Å². The summed E-state index contributed by atoms with van der Waals surface area (Å²) >= 11 is 0. The van der Waals surface area contributed by atoms with E-state index in [1.54, 1.807) is 0 Å². The summed E-state index contributed by atoms with van der Waals surface area (Å²) in [7, 11) is 2.24. The molecule has 2 nitrogen and oxygen atoms in total. The van der Waals surface area contributed by atoms with E-state index in [4.69, 9.17) is 0 Å². The van der Waals surface area contributed by atoms with Crippen LogP contribution >= 0.6 is 0 Å². The lowest BCUT2D eigenvalue weighted by Gasteiger charge is -2.33. The fourth-order valence-electron chi connectivity index (χ4n) is 2.58. The van der Waals surface area contributed by atoms with Crippen molar-refractivity contribution in [1.29, 1.82) is 0 Å². The largest absolute Gasteiger partial charge is 0.314 e. The maximum atomic E-state index is 3.71. The molecular formula is C14H30N2. The Morgan fingerprint density at radius 2 is 1.88 bits per heavy atom. The maximum Gasteiger partial charge on any atom is 0.00679 e. The van der Waals surface area contributed by atoms with Crippen LogP contribution in [0.15, 0.2) is 0 Å². The molecule has 16 heavy (non-hydrogen) atoms. The summed E-state index contributed by atoms with van der Waals surface area (Å²) in [5.74, 6) is 0.905. The molecule has 1 N–H and O–H groups in total. The maximum absolute atomic E-state index is 3.71. The molecule has 0 saturated carbocycles. The van der Waals surface area contributed by atoms with Crippen molar-refractivity contribution in [2.75, 3.05) is 26.7 Å². The van der Waals surface area contributed by atoms with Gasteiger partial charge in [-0.05, 0) is 58.8 Å². The predicted octanol–water partition coefficient (Wildman–Crippen LogP) is 2.89. The average Bonchev–Trinajstić information content (AvgIpc) is 2.29. The Morgan fingerprint density at radius 3 is 2.50 bits per heavy atom. The van der Waals surface area contributed by atoms with Crippen molar-refractivity contribution < 1.29 is 0 Å². The van der Waals surface area contributed by atoms with Crippen LogP contribution in [-0.2, 0) is 0 Å². The van der Waals surface area contributed by atoms with Crippen LogP contribution < -0.4 is 5.32 Å². The van der Waals surface area contributed by atoms with Gasteiger partial charge in [0.25, 0.3) is 0 Å². The third-order valence-electron chi connectivity index (χ3n) is 3.97. The Morgan fingerprint density at radius 1 is 1.19 bits per heavy atom. The molecule has 1 atom stereocenters. The van der Waals surface area contributed by atoms with E-state index in [0.717, 1.165) is 12.0 Å². The first kappa shape index (κ1) is 14.0. The molecule has 0 bridgehead atoms. The quantitative estimate of drug-likeness (QED) is 0.672. The number of likely N-dealkylation sites (tertiary alicyclic amines) is 1. The summed E-state index contributed by atoms with van der Waals surface area (Å²) in [5.41, 5.74) is 0. The zero-order chi connectivity index (χ0) is 11.8. The van der Waals surface area contributed by atoms with Gasteiger partial charge in [0.05, 0.1) is 0 Å². The number of nitrogens with zero attached hydrogens (tertiary/aromatic N) is 1. The van der Waals surface area contributed by atoms with Crippen LogP contribution in [0.5, 0.6) is 0 Å². The first-order chi connectivity index (χ1) is 7.74. The Kier molecular flexibility index (Phi) is 7.06. The lowest BCUT2D eigenvalue weighted by Crippen LogP contribution is -2.40. The Hall–Kier alpha value is -0.0800. The minimum absolute atomic E-state index is 0.718. The molecule has 0 spiro atoms. The van der Waals surface area contributed by atoms with Gasteiger partial charge in [-0.2, -0.15) is 0 Å². The van der Waals surface area contributed by atoms with Crippen LogP contribution in [0.3, 0.4) is 0 Å². The third-order valence-corrected chi connectivity index (χ3v) is 3.97. The van der Waals surface area contributed by atoms with Gasteiger partial charge in [0, 0.05) is 6.04 Å². The molecular weight excluding hydrogens is 196 g/mol. The Labute approximate surface area is 102 Å².